The fourth-order valence-electron chi connectivity index (χ4n) is 0. The van der Waals surface area contributed by atoms with Crippen LogP contribution in [0.2, 0.25) is 0 Å². The van der Waals surface area contributed by atoms with Crippen molar-refractivity contribution < 1.29 is 4.89 Å². The zero-order valence-corrected chi connectivity index (χ0v) is 4.60. The van der Waals surface area contributed by atoms with E-state index in [9.17, 15) is 0 Å². The molecule has 0 bridgehead atoms. The zero-order chi connectivity index (χ0) is 4.28. The Bertz CT molecular complexity index is 53.2. The highest BCUT2D eigenvalue weighted by Gasteiger charge is 1.76. The van der Waals surface area contributed by atoms with Crippen LogP contribution < -0.4 is 0 Å². The molecule has 3 heteroatoms. The fraction of sp³-hybridized carbons (Fsp3) is 0. The lowest BCUT2D eigenvalue weighted by Gasteiger charge is -1.80. The standard InChI is InChI=1S/C2H4OP2/c1-2-5(3)4/h1,3H,4H2. The van der Waals surface area contributed by atoms with E-state index in [0.717, 1.165) is 0 Å². The van der Waals surface area contributed by atoms with Crippen LogP contribution >= 0.6 is 16.8 Å². The van der Waals surface area contributed by atoms with E-state index in [4.69, 9.17) is 4.89 Å². The first-order chi connectivity index (χ1) is 2.27. The van der Waals surface area contributed by atoms with Crippen LogP contribution in [0.15, 0.2) is 0 Å². The molecule has 2 unspecified atom stereocenters. The first-order valence-corrected chi connectivity index (χ1v) is 3.88. The Morgan fingerprint density at radius 1 is 2.00 bits per heavy atom. The molecule has 0 saturated heterocycles. The summed E-state index contributed by atoms with van der Waals surface area (Å²) in [5, 5.41) is 0. The lowest BCUT2D eigenvalue weighted by molar-refractivity contribution is 0.651. The summed E-state index contributed by atoms with van der Waals surface area (Å²) >= 11 is 0. The largest absolute Gasteiger partial charge is 0.358 e. The molecule has 0 aromatic carbocycles. The monoisotopic (exact) mass is 106 g/mol. The van der Waals surface area contributed by atoms with Gasteiger partial charge in [-0.1, -0.05) is 8.93 Å². The van der Waals surface area contributed by atoms with Crippen molar-refractivity contribution in [1.82, 2.24) is 0 Å². The summed E-state index contributed by atoms with van der Waals surface area (Å²) in [6.07, 6.45) is 4.68. The van der Waals surface area contributed by atoms with Gasteiger partial charge in [0.05, 0.1) is 0 Å². The van der Waals surface area contributed by atoms with Crippen LogP contribution in [-0.2, 0) is 0 Å². The second-order valence-electron chi connectivity index (χ2n) is 0.474. The summed E-state index contributed by atoms with van der Waals surface area (Å²) in [7, 11) is 0.964. The maximum absolute atomic E-state index is 8.15. The van der Waals surface area contributed by atoms with Gasteiger partial charge in [0.25, 0.3) is 0 Å². The van der Waals surface area contributed by atoms with Crippen molar-refractivity contribution >= 4 is 16.8 Å². The first kappa shape index (κ1) is 5.38. The van der Waals surface area contributed by atoms with Gasteiger partial charge in [-0.15, -0.1) is 6.42 Å². The van der Waals surface area contributed by atoms with E-state index >= 15 is 0 Å². The van der Waals surface area contributed by atoms with Crippen molar-refractivity contribution in [3.8, 4) is 12.1 Å². The van der Waals surface area contributed by atoms with Crippen LogP contribution in [0.3, 0.4) is 0 Å². The van der Waals surface area contributed by atoms with Gasteiger partial charge in [-0.3, -0.25) is 0 Å². The van der Waals surface area contributed by atoms with E-state index in [-0.39, 0.29) is 0 Å². The summed E-state index contributed by atoms with van der Waals surface area (Å²) in [4.78, 5) is 8.15. The lowest BCUT2D eigenvalue weighted by Crippen LogP contribution is -1.38. The SMILES string of the molecule is C#CP(O)P. The molecule has 0 aliphatic heterocycles. The van der Waals surface area contributed by atoms with Gasteiger partial charge in [0.15, 0.2) is 0 Å². The molecule has 0 radical (unpaired) electrons. The minimum Gasteiger partial charge on any atom is -0.358 e. The average Bonchev–Trinajstić information content (AvgIpc) is 1.38. The molecule has 0 amide bonds. The van der Waals surface area contributed by atoms with Crippen LogP contribution in [0.4, 0.5) is 0 Å². The minimum atomic E-state index is -1.15. The van der Waals surface area contributed by atoms with Gasteiger partial charge in [0, 0.05) is 0 Å². The quantitative estimate of drug-likeness (QED) is 0.357. The molecule has 5 heavy (non-hydrogen) atoms. The summed E-state index contributed by atoms with van der Waals surface area (Å²) in [6, 6.07) is 0. The number of rotatable bonds is 0. The van der Waals surface area contributed by atoms with Crippen LogP contribution in [0.25, 0.3) is 0 Å². The maximum atomic E-state index is 8.15. The third-order valence-electron chi connectivity index (χ3n) is 0.132. The van der Waals surface area contributed by atoms with E-state index in [1.54, 1.807) is 0 Å². The van der Waals surface area contributed by atoms with Crippen molar-refractivity contribution in [3.63, 3.8) is 0 Å². The van der Waals surface area contributed by atoms with Gasteiger partial charge < -0.3 is 4.89 Å². The molecule has 0 aromatic heterocycles. The van der Waals surface area contributed by atoms with E-state index in [1.807, 2.05) is 0 Å². The molecule has 0 saturated carbocycles. The highest BCUT2D eigenvalue weighted by atomic mass is 32.0. The topological polar surface area (TPSA) is 20.2 Å². The molecule has 0 aliphatic carbocycles. The third kappa shape index (κ3) is 4.38. The molecular weight excluding hydrogens is 102 g/mol. The molecule has 0 rings (SSSR count). The van der Waals surface area contributed by atoms with Gasteiger partial charge in [-0.2, -0.15) is 0 Å². The molecule has 0 heterocycles. The van der Waals surface area contributed by atoms with Gasteiger partial charge in [-0.05, 0) is 5.66 Å². The van der Waals surface area contributed by atoms with Crippen molar-refractivity contribution in [1.29, 1.82) is 0 Å². The van der Waals surface area contributed by atoms with Crippen molar-refractivity contribution in [3.05, 3.63) is 0 Å². The maximum Gasteiger partial charge on any atom is 0.121 e. The van der Waals surface area contributed by atoms with E-state index in [1.165, 1.54) is 0 Å². The van der Waals surface area contributed by atoms with E-state index in [2.05, 4.69) is 21.0 Å². The first-order valence-electron chi connectivity index (χ1n) is 0.970. The number of hydrogen-bond donors (Lipinski definition) is 1. The zero-order valence-electron chi connectivity index (χ0n) is 2.55. The summed E-state index contributed by atoms with van der Waals surface area (Å²) in [6.45, 7) is 0. The van der Waals surface area contributed by atoms with Crippen LogP contribution in [0.1, 0.15) is 0 Å². The predicted octanol–water partition coefficient (Wildman–Crippen LogP) is 0.756. The molecule has 1 N–H and O–H groups in total. The van der Waals surface area contributed by atoms with Crippen LogP contribution in [0, 0.1) is 12.1 Å². The molecule has 28 valence electrons. The Morgan fingerprint density at radius 2 is 2.20 bits per heavy atom. The van der Waals surface area contributed by atoms with E-state index in [0.29, 0.717) is 0 Å². The Morgan fingerprint density at radius 3 is 2.20 bits per heavy atom. The summed E-state index contributed by atoms with van der Waals surface area (Å²) in [5.41, 5.74) is 2.11. The molecular formula is C2H4OP2. The smallest absolute Gasteiger partial charge is 0.121 e. The van der Waals surface area contributed by atoms with Gasteiger partial charge in [0.1, 0.15) is 7.84 Å². The highest BCUT2D eigenvalue weighted by molar-refractivity contribution is 8.13. The Balaban J connectivity index is 2.94. The summed E-state index contributed by atoms with van der Waals surface area (Å²) in [5.74, 6) is 0. The molecule has 2 atom stereocenters. The number of terminal acetylenes is 1. The third-order valence-corrected chi connectivity index (χ3v) is 0.844. The van der Waals surface area contributed by atoms with Crippen LogP contribution in [-0.4, -0.2) is 4.89 Å². The van der Waals surface area contributed by atoms with Crippen molar-refractivity contribution in [2.75, 3.05) is 0 Å². The van der Waals surface area contributed by atoms with Gasteiger partial charge in [0.2, 0.25) is 0 Å². The molecule has 0 spiro atoms. The van der Waals surface area contributed by atoms with Crippen LogP contribution in [0.5, 0.6) is 0 Å². The Hall–Kier alpha value is 0.380. The Kier molecular flexibility index (Phi) is 2.81. The van der Waals surface area contributed by atoms with Gasteiger partial charge in [-0.25, -0.2) is 0 Å². The molecule has 0 fully saturated rings. The summed E-state index contributed by atoms with van der Waals surface area (Å²) < 4.78 is 0. The van der Waals surface area contributed by atoms with Crippen molar-refractivity contribution in [2.24, 2.45) is 0 Å². The number of hydrogen-bond acceptors (Lipinski definition) is 1. The molecule has 0 aromatic rings. The molecule has 1 nitrogen and oxygen atoms in total. The average molecular weight is 106 g/mol. The van der Waals surface area contributed by atoms with Crippen molar-refractivity contribution in [2.45, 2.75) is 0 Å². The Labute approximate surface area is 34.7 Å². The normalized spacial score (nSPS) is 13.0. The van der Waals surface area contributed by atoms with E-state index < -0.39 is 7.84 Å². The predicted molar refractivity (Wildman–Crippen MR) is 27.7 cm³/mol. The fourth-order valence-corrected chi connectivity index (χ4v) is 0. The second kappa shape index (κ2) is 2.61. The van der Waals surface area contributed by atoms with Gasteiger partial charge >= 0.3 is 0 Å². The second-order valence-corrected chi connectivity index (χ2v) is 2.89. The highest BCUT2D eigenvalue weighted by Crippen LogP contribution is 2.36. The lowest BCUT2D eigenvalue weighted by atomic mass is 11.4. The molecule has 0 aliphatic rings. The minimum absolute atomic E-state index is 1.15.